The highest BCUT2D eigenvalue weighted by atomic mass is 16.5. The van der Waals surface area contributed by atoms with E-state index >= 15 is 0 Å². The van der Waals surface area contributed by atoms with Gasteiger partial charge in [0.1, 0.15) is 6.61 Å². The highest BCUT2D eigenvalue weighted by Crippen LogP contribution is 2.12. The Balaban J connectivity index is 2.56. The molecule has 100 valence electrons. The summed E-state index contributed by atoms with van der Waals surface area (Å²) in [6, 6.07) is 5.58. The fraction of sp³-hybridized carbons (Fsp3) is 0.500. The Morgan fingerprint density at radius 3 is 2.56 bits per heavy atom. The monoisotopic (exact) mass is 251 g/mol. The normalized spacial score (nSPS) is 11.2. The molecule has 0 spiro atoms. The maximum atomic E-state index is 11.5. The van der Waals surface area contributed by atoms with Crippen LogP contribution >= 0.6 is 0 Å². The lowest BCUT2D eigenvalue weighted by Crippen LogP contribution is -2.40. The molecule has 0 aliphatic rings. The molecule has 0 aliphatic heterocycles. The summed E-state index contributed by atoms with van der Waals surface area (Å²) in [5.41, 5.74) is 2.50. The third-order valence-corrected chi connectivity index (χ3v) is 2.43. The fourth-order valence-corrected chi connectivity index (χ4v) is 1.50. The second kappa shape index (κ2) is 5.87. The fourth-order valence-electron chi connectivity index (χ4n) is 1.50. The van der Waals surface area contributed by atoms with Crippen molar-refractivity contribution in [3.63, 3.8) is 0 Å². The number of hydrogen-bond acceptors (Lipinski definition) is 3. The van der Waals surface area contributed by atoms with E-state index in [-0.39, 0.29) is 18.8 Å². The van der Waals surface area contributed by atoms with Gasteiger partial charge in [0, 0.05) is 5.54 Å². The van der Waals surface area contributed by atoms with Crippen LogP contribution in [0.2, 0.25) is 0 Å². The molecule has 1 amide bonds. The van der Waals surface area contributed by atoms with Gasteiger partial charge in [-0.05, 0) is 44.4 Å². The van der Waals surface area contributed by atoms with Gasteiger partial charge in [-0.3, -0.25) is 0 Å². The van der Waals surface area contributed by atoms with Crippen molar-refractivity contribution in [3.8, 4) is 0 Å². The van der Waals surface area contributed by atoms with Crippen molar-refractivity contribution >= 4 is 6.09 Å². The van der Waals surface area contributed by atoms with E-state index < -0.39 is 6.09 Å². The van der Waals surface area contributed by atoms with Crippen LogP contribution in [0.3, 0.4) is 0 Å². The zero-order valence-corrected chi connectivity index (χ0v) is 11.4. The van der Waals surface area contributed by atoms with Gasteiger partial charge in [0.25, 0.3) is 0 Å². The molecule has 0 fully saturated rings. The second-order valence-electron chi connectivity index (χ2n) is 5.37. The van der Waals surface area contributed by atoms with Crippen molar-refractivity contribution in [3.05, 3.63) is 34.9 Å². The van der Waals surface area contributed by atoms with Crippen LogP contribution in [0.15, 0.2) is 18.2 Å². The van der Waals surface area contributed by atoms with Crippen molar-refractivity contribution in [1.29, 1.82) is 0 Å². The minimum Gasteiger partial charge on any atom is -0.445 e. The number of hydrogen-bond donors (Lipinski definition) is 2. The van der Waals surface area contributed by atoms with Gasteiger partial charge < -0.3 is 15.2 Å². The lowest BCUT2D eigenvalue weighted by molar-refractivity contribution is 0.131. The van der Waals surface area contributed by atoms with Gasteiger partial charge in [-0.25, -0.2) is 4.79 Å². The van der Waals surface area contributed by atoms with Crippen molar-refractivity contribution in [1.82, 2.24) is 5.32 Å². The molecular formula is C14H21NO3. The molecule has 0 atom stereocenters. The predicted octanol–water partition coefficient (Wildman–Crippen LogP) is 2.51. The van der Waals surface area contributed by atoms with E-state index in [1.54, 1.807) is 0 Å². The van der Waals surface area contributed by atoms with Gasteiger partial charge in [-0.1, -0.05) is 18.2 Å². The van der Waals surface area contributed by atoms with Crippen LogP contribution in [0.5, 0.6) is 0 Å². The summed E-state index contributed by atoms with van der Waals surface area (Å²) >= 11 is 0. The summed E-state index contributed by atoms with van der Waals surface area (Å²) in [4.78, 5) is 11.5. The average molecular weight is 251 g/mol. The molecule has 4 heteroatoms. The molecule has 0 bridgehead atoms. The van der Waals surface area contributed by atoms with E-state index in [1.165, 1.54) is 0 Å². The standard InChI is InChI=1S/C14H21NO3/c1-10-7-11(8-16)5-6-12(10)9-18-13(17)15-14(2,3)4/h5-7,16H,8-9H2,1-4H3,(H,15,17). The zero-order chi connectivity index (χ0) is 13.8. The Morgan fingerprint density at radius 1 is 1.39 bits per heavy atom. The highest BCUT2D eigenvalue weighted by molar-refractivity contribution is 5.68. The third kappa shape index (κ3) is 4.75. The van der Waals surface area contributed by atoms with Crippen LogP contribution in [-0.2, 0) is 18.0 Å². The minimum atomic E-state index is -0.423. The lowest BCUT2D eigenvalue weighted by atomic mass is 10.1. The number of aryl methyl sites for hydroxylation is 1. The Hall–Kier alpha value is -1.55. The maximum absolute atomic E-state index is 11.5. The average Bonchev–Trinajstić information content (AvgIpc) is 2.25. The molecule has 1 aromatic rings. The number of aliphatic hydroxyl groups excluding tert-OH is 1. The highest BCUT2D eigenvalue weighted by Gasteiger charge is 2.14. The van der Waals surface area contributed by atoms with Crippen molar-refractivity contribution < 1.29 is 14.6 Å². The second-order valence-corrected chi connectivity index (χ2v) is 5.37. The number of nitrogens with one attached hydrogen (secondary N) is 1. The van der Waals surface area contributed by atoms with Gasteiger partial charge in [0.05, 0.1) is 6.61 Å². The zero-order valence-electron chi connectivity index (χ0n) is 11.4. The van der Waals surface area contributed by atoms with E-state index in [9.17, 15) is 4.79 Å². The van der Waals surface area contributed by atoms with E-state index in [1.807, 2.05) is 45.9 Å². The first-order valence-electron chi connectivity index (χ1n) is 5.96. The van der Waals surface area contributed by atoms with Gasteiger partial charge >= 0.3 is 6.09 Å². The Morgan fingerprint density at radius 2 is 2.06 bits per heavy atom. The first-order valence-corrected chi connectivity index (χ1v) is 5.96. The Kier molecular flexibility index (Phi) is 4.73. The van der Waals surface area contributed by atoms with E-state index in [2.05, 4.69) is 5.32 Å². The third-order valence-electron chi connectivity index (χ3n) is 2.43. The molecule has 0 aromatic heterocycles. The van der Waals surface area contributed by atoms with Crippen LogP contribution < -0.4 is 5.32 Å². The first kappa shape index (κ1) is 14.5. The molecule has 1 rings (SSSR count). The summed E-state index contributed by atoms with van der Waals surface area (Å²) in [6.07, 6.45) is -0.423. The van der Waals surface area contributed by atoms with Crippen LogP contribution in [0, 0.1) is 6.92 Å². The van der Waals surface area contributed by atoms with E-state index in [0.717, 1.165) is 16.7 Å². The topological polar surface area (TPSA) is 58.6 Å². The molecule has 0 unspecified atom stereocenters. The molecule has 0 saturated carbocycles. The summed E-state index contributed by atoms with van der Waals surface area (Å²) in [7, 11) is 0. The quantitative estimate of drug-likeness (QED) is 0.867. The van der Waals surface area contributed by atoms with Gasteiger partial charge in [-0.2, -0.15) is 0 Å². The molecule has 0 aliphatic carbocycles. The molecule has 1 aromatic carbocycles. The largest absolute Gasteiger partial charge is 0.445 e. The number of carbonyl (C=O) groups is 1. The van der Waals surface area contributed by atoms with Gasteiger partial charge in [0.2, 0.25) is 0 Å². The number of ether oxygens (including phenoxy) is 1. The summed E-state index contributed by atoms with van der Waals surface area (Å²) in [6.45, 7) is 7.88. The summed E-state index contributed by atoms with van der Waals surface area (Å²) in [5, 5.41) is 11.7. The lowest BCUT2D eigenvalue weighted by Gasteiger charge is -2.20. The Bertz CT molecular complexity index is 422. The molecule has 0 heterocycles. The SMILES string of the molecule is Cc1cc(CO)ccc1COC(=O)NC(C)(C)C. The van der Waals surface area contributed by atoms with Crippen LogP contribution in [0.1, 0.15) is 37.5 Å². The van der Waals surface area contributed by atoms with Crippen LogP contribution in [0.4, 0.5) is 4.79 Å². The van der Waals surface area contributed by atoms with Crippen molar-refractivity contribution in [2.75, 3.05) is 0 Å². The van der Waals surface area contributed by atoms with E-state index in [0.29, 0.717) is 0 Å². The molecule has 0 radical (unpaired) electrons. The molecular weight excluding hydrogens is 230 g/mol. The smallest absolute Gasteiger partial charge is 0.407 e. The van der Waals surface area contributed by atoms with Crippen molar-refractivity contribution in [2.45, 2.75) is 46.4 Å². The minimum absolute atomic E-state index is 0.0203. The van der Waals surface area contributed by atoms with Crippen LogP contribution in [-0.4, -0.2) is 16.7 Å². The number of amides is 1. The van der Waals surface area contributed by atoms with Gasteiger partial charge in [0.15, 0.2) is 0 Å². The number of benzene rings is 1. The number of rotatable bonds is 3. The van der Waals surface area contributed by atoms with Gasteiger partial charge in [-0.15, -0.1) is 0 Å². The number of aliphatic hydroxyl groups is 1. The predicted molar refractivity (Wildman–Crippen MR) is 70.2 cm³/mol. The molecule has 2 N–H and O–H groups in total. The summed E-state index contributed by atoms with van der Waals surface area (Å²) < 4.78 is 5.15. The number of alkyl carbamates (subject to hydrolysis) is 1. The summed E-state index contributed by atoms with van der Waals surface area (Å²) in [5.74, 6) is 0. The molecule has 4 nitrogen and oxygen atoms in total. The molecule has 18 heavy (non-hydrogen) atoms. The first-order chi connectivity index (χ1) is 8.31. The van der Waals surface area contributed by atoms with E-state index in [4.69, 9.17) is 9.84 Å². The molecule has 0 saturated heterocycles. The maximum Gasteiger partial charge on any atom is 0.407 e. The van der Waals surface area contributed by atoms with Crippen molar-refractivity contribution in [2.24, 2.45) is 0 Å². The Labute approximate surface area is 108 Å². The van der Waals surface area contributed by atoms with Crippen LogP contribution in [0.25, 0.3) is 0 Å². The number of carbonyl (C=O) groups excluding carboxylic acids is 1.